The molecule has 1 N–H and O–H groups in total. The number of H-pyrrole nitrogens is 1. The minimum absolute atomic E-state index is 0.129. The van der Waals surface area contributed by atoms with E-state index in [1.165, 1.54) is 22.3 Å². The van der Waals surface area contributed by atoms with Gasteiger partial charge in [-0.15, -0.1) is 0 Å². The highest BCUT2D eigenvalue weighted by Gasteiger charge is 2.17. The summed E-state index contributed by atoms with van der Waals surface area (Å²) in [7, 11) is 3.38. The SMILES string of the molecule is COc1ccc(C(c2ccc(Cc3ncc[nH]3)cc2)c2ccc(OC)cc2)cc1. The van der Waals surface area contributed by atoms with Gasteiger partial charge >= 0.3 is 0 Å². The zero-order chi connectivity index (χ0) is 20.1. The Kier molecular flexibility index (Phi) is 5.61. The van der Waals surface area contributed by atoms with E-state index >= 15 is 0 Å². The van der Waals surface area contributed by atoms with Gasteiger partial charge in [-0.1, -0.05) is 48.5 Å². The summed E-state index contributed by atoms with van der Waals surface area (Å²) in [5, 5.41) is 0. The van der Waals surface area contributed by atoms with Crippen LogP contribution in [0.4, 0.5) is 0 Å². The number of ether oxygens (including phenoxy) is 2. The van der Waals surface area contributed by atoms with Gasteiger partial charge in [0.15, 0.2) is 0 Å². The molecule has 4 aromatic rings. The Morgan fingerprint density at radius 3 is 1.62 bits per heavy atom. The second-order valence-electron chi connectivity index (χ2n) is 6.93. The number of rotatable bonds is 7. The smallest absolute Gasteiger partial charge is 0.118 e. The first-order chi connectivity index (χ1) is 14.3. The van der Waals surface area contributed by atoms with E-state index in [0.717, 1.165) is 23.7 Å². The van der Waals surface area contributed by atoms with Crippen LogP contribution in [0.25, 0.3) is 0 Å². The molecule has 29 heavy (non-hydrogen) atoms. The Labute approximate surface area is 171 Å². The van der Waals surface area contributed by atoms with Gasteiger partial charge in [0.05, 0.1) is 14.2 Å². The quantitative estimate of drug-likeness (QED) is 0.446. The first kappa shape index (κ1) is 18.8. The Balaban J connectivity index is 1.68. The average Bonchev–Trinajstić information content (AvgIpc) is 3.29. The van der Waals surface area contributed by atoms with Crippen LogP contribution in [0.2, 0.25) is 0 Å². The van der Waals surface area contributed by atoms with Gasteiger partial charge in [0.2, 0.25) is 0 Å². The highest BCUT2D eigenvalue weighted by molar-refractivity contribution is 5.46. The number of hydrogen-bond acceptors (Lipinski definition) is 3. The van der Waals surface area contributed by atoms with Crippen LogP contribution in [-0.4, -0.2) is 24.2 Å². The highest BCUT2D eigenvalue weighted by Crippen LogP contribution is 2.34. The maximum atomic E-state index is 5.33. The summed E-state index contributed by atoms with van der Waals surface area (Å²) in [5.41, 5.74) is 4.90. The maximum Gasteiger partial charge on any atom is 0.118 e. The largest absolute Gasteiger partial charge is 0.497 e. The monoisotopic (exact) mass is 384 g/mol. The predicted octanol–water partition coefficient (Wildman–Crippen LogP) is 5.20. The van der Waals surface area contributed by atoms with Crippen molar-refractivity contribution in [1.29, 1.82) is 0 Å². The van der Waals surface area contributed by atoms with Crippen molar-refractivity contribution in [3.05, 3.63) is 113 Å². The third-order valence-corrected chi connectivity index (χ3v) is 5.14. The van der Waals surface area contributed by atoms with Crippen molar-refractivity contribution in [2.75, 3.05) is 14.2 Å². The standard InChI is InChI=1S/C25H24N2O2/c1-28-22-11-7-20(8-12-22)25(21-9-13-23(29-2)14-10-21)19-5-3-18(4-6-19)17-24-26-15-16-27-24/h3-16,25H,17H2,1-2H3,(H,26,27). The first-order valence-electron chi connectivity index (χ1n) is 9.62. The van der Waals surface area contributed by atoms with E-state index < -0.39 is 0 Å². The minimum atomic E-state index is 0.129. The molecule has 146 valence electrons. The molecule has 0 aliphatic heterocycles. The van der Waals surface area contributed by atoms with Crippen LogP contribution in [0.15, 0.2) is 85.2 Å². The van der Waals surface area contributed by atoms with E-state index in [-0.39, 0.29) is 5.92 Å². The zero-order valence-electron chi connectivity index (χ0n) is 16.6. The van der Waals surface area contributed by atoms with Crippen molar-refractivity contribution < 1.29 is 9.47 Å². The van der Waals surface area contributed by atoms with Crippen molar-refractivity contribution in [3.8, 4) is 11.5 Å². The fourth-order valence-corrected chi connectivity index (χ4v) is 3.59. The third kappa shape index (κ3) is 4.32. The van der Waals surface area contributed by atoms with Crippen LogP contribution in [0.3, 0.4) is 0 Å². The van der Waals surface area contributed by atoms with Crippen LogP contribution in [0.5, 0.6) is 11.5 Å². The lowest BCUT2D eigenvalue weighted by Gasteiger charge is -2.20. The molecule has 1 aromatic heterocycles. The predicted molar refractivity (Wildman–Crippen MR) is 115 cm³/mol. The Hall–Kier alpha value is -3.53. The van der Waals surface area contributed by atoms with Crippen molar-refractivity contribution in [2.24, 2.45) is 0 Å². The van der Waals surface area contributed by atoms with Crippen LogP contribution >= 0.6 is 0 Å². The van der Waals surface area contributed by atoms with E-state index in [1.54, 1.807) is 20.4 Å². The van der Waals surface area contributed by atoms with Gasteiger partial charge in [-0.2, -0.15) is 0 Å². The summed E-state index contributed by atoms with van der Waals surface area (Å²) < 4.78 is 10.7. The minimum Gasteiger partial charge on any atom is -0.497 e. The van der Waals surface area contributed by atoms with Gasteiger partial charge in [-0.25, -0.2) is 4.98 Å². The van der Waals surface area contributed by atoms with Crippen LogP contribution in [-0.2, 0) is 6.42 Å². The zero-order valence-corrected chi connectivity index (χ0v) is 16.6. The summed E-state index contributed by atoms with van der Waals surface area (Å²) in [5.74, 6) is 2.82. The van der Waals surface area contributed by atoms with Gasteiger partial charge in [-0.3, -0.25) is 0 Å². The lowest BCUT2D eigenvalue weighted by atomic mass is 9.84. The van der Waals surface area contributed by atoms with Gasteiger partial charge < -0.3 is 14.5 Å². The molecule has 4 heteroatoms. The van der Waals surface area contributed by atoms with E-state index in [9.17, 15) is 0 Å². The van der Waals surface area contributed by atoms with Gasteiger partial charge in [0, 0.05) is 24.7 Å². The molecule has 0 amide bonds. The normalized spacial score (nSPS) is 10.9. The number of nitrogens with one attached hydrogen (secondary N) is 1. The number of benzene rings is 3. The van der Waals surface area contributed by atoms with Crippen LogP contribution < -0.4 is 9.47 Å². The molecule has 0 radical (unpaired) electrons. The molecule has 0 aliphatic rings. The Morgan fingerprint density at radius 2 is 1.21 bits per heavy atom. The van der Waals surface area contributed by atoms with E-state index in [1.807, 2.05) is 30.5 Å². The average molecular weight is 384 g/mol. The third-order valence-electron chi connectivity index (χ3n) is 5.14. The molecule has 0 saturated carbocycles. The van der Waals surface area contributed by atoms with Crippen molar-refractivity contribution in [1.82, 2.24) is 9.97 Å². The molecule has 3 aromatic carbocycles. The fourth-order valence-electron chi connectivity index (χ4n) is 3.59. The van der Waals surface area contributed by atoms with E-state index in [4.69, 9.17) is 9.47 Å². The molecular formula is C25H24N2O2. The maximum absolute atomic E-state index is 5.33. The Bertz CT molecular complexity index is 974. The Morgan fingerprint density at radius 1 is 0.724 bits per heavy atom. The molecule has 0 spiro atoms. The summed E-state index contributed by atoms with van der Waals surface area (Å²) in [4.78, 5) is 7.48. The molecule has 4 rings (SSSR count). The number of imidazole rings is 1. The second kappa shape index (κ2) is 8.65. The second-order valence-corrected chi connectivity index (χ2v) is 6.93. The van der Waals surface area contributed by atoms with Gasteiger partial charge in [0.25, 0.3) is 0 Å². The molecular weight excluding hydrogens is 360 g/mol. The summed E-state index contributed by atoms with van der Waals surface area (Å²) >= 11 is 0. The first-order valence-corrected chi connectivity index (χ1v) is 9.62. The van der Waals surface area contributed by atoms with Gasteiger partial charge in [0.1, 0.15) is 17.3 Å². The molecule has 0 unspecified atom stereocenters. The number of aromatic amines is 1. The molecule has 0 fully saturated rings. The summed E-state index contributed by atoms with van der Waals surface area (Å²) in [6.07, 6.45) is 4.43. The number of hydrogen-bond donors (Lipinski definition) is 1. The van der Waals surface area contributed by atoms with Crippen molar-refractivity contribution >= 4 is 0 Å². The fraction of sp³-hybridized carbons (Fsp3) is 0.160. The topological polar surface area (TPSA) is 47.1 Å². The van der Waals surface area contributed by atoms with Gasteiger partial charge in [-0.05, 0) is 46.5 Å². The molecule has 0 atom stereocenters. The molecule has 0 saturated heterocycles. The van der Waals surface area contributed by atoms with Crippen LogP contribution in [0.1, 0.15) is 34.0 Å². The molecule has 0 aliphatic carbocycles. The molecule has 4 nitrogen and oxygen atoms in total. The number of aromatic nitrogens is 2. The van der Waals surface area contributed by atoms with E-state index in [0.29, 0.717) is 0 Å². The number of methoxy groups -OCH3 is 2. The summed E-state index contributed by atoms with van der Waals surface area (Å²) in [6.45, 7) is 0. The van der Waals surface area contributed by atoms with Crippen molar-refractivity contribution in [2.45, 2.75) is 12.3 Å². The number of nitrogens with zero attached hydrogens (tertiary/aromatic N) is 1. The highest BCUT2D eigenvalue weighted by atomic mass is 16.5. The lowest BCUT2D eigenvalue weighted by Crippen LogP contribution is -2.04. The lowest BCUT2D eigenvalue weighted by molar-refractivity contribution is 0.414. The van der Waals surface area contributed by atoms with E-state index in [2.05, 4.69) is 58.5 Å². The summed E-state index contributed by atoms with van der Waals surface area (Å²) in [6, 6.07) is 25.3. The molecule has 1 heterocycles. The molecule has 0 bridgehead atoms. The van der Waals surface area contributed by atoms with Crippen molar-refractivity contribution in [3.63, 3.8) is 0 Å². The van der Waals surface area contributed by atoms with Crippen LogP contribution in [0, 0.1) is 0 Å².